The van der Waals surface area contributed by atoms with Crippen molar-refractivity contribution >= 4 is 27.5 Å². The van der Waals surface area contributed by atoms with E-state index in [1.54, 1.807) is 32.0 Å². The highest BCUT2D eigenvalue weighted by Crippen LogP contribution is 2.23. The van der Waals surface area contributed by atoms with Crippen molar-refractivity contribution in [1.82, 2.24) is 10.0 Å². The molecule has 34 heavy (non-hydrogen) atoms. The molecule has 0 radical (unpaired) electrons. The van der Waals surface area contributed by atoms with Crippen LogP contribution in [0.15, 0.2) is 59.5 Å². The summed E-state index contributed by atoms with van der Waals surface area (Å²) in [6.07, 6.45) is 1.66. The minimum atomic E-state index is -3.96. The molecule has 1 saturated heterocycles. The molecule has 184 valence electrons. The first-order chi connectivity index (χ1) is 16.2. The summed E-state index contributed by atoms with van der Waals surface area (Å²) in [5.41, 5.74) is 0.162. The molecule has 0 unspecified atom stereocenters. The van der Waals surface area contributed by atoms with Crippen molar-refractivity contribution in [2.75, 3.05) is 24.6 Å². The van der Waals surface area contributed by atoms with Gasteiger partial charge in [-0.25, -0.2) is 17.5 Å². The second-order valence-electron chi connectivity index (χ2n) is 8.45. The minimum Gasteiger partial charge on any atom is -0.376 e. The van der Waals surface area contributed by atoms with Gasteiger partial charge in [0.05, 0.1) is 17.5 Å². The number of benzene rings is 2. The quantitative estimate of drug-likeness (QED) is 0.531. The fourth-order valence-corrected chi connectivity index (χ4v) is 4.85. The average molecular weight is 492 g/mol. The molecule has 1 fully saturated rings. The lowest BCUT2D eigenvalue weighted by Gasteiger charge is -2.34. The Morgan fingerprint density at radius 1 is 1.15 bits per heavy atom. The van der Waals surface area contributed by atoms with Crippen LogP contribution in [0.4, 0.5) is 10.1 Å². The Balaban J connectivity index is 1.84. The van der Waals surface area contributed by atoms with E-state index in [9.17, 15) is 22.4 Å². The summed E-state index contributed by atoms with van der Waals surface area (Å²) in [5.74, 6) is -2.03. The van der Waals surface area contributed by atoms with E-state index in [-0.39, 0.29) is 22.6 Å². The van der Waals surface area contributed by atoms with Gasteiger partial charge in [0, 0.05) is 18.8 Å². The van der Waals surface area contributed by atoms with Gasteiger partial charge in [-0.05, 0) is 49.1 Å². The van der Waals surface area contributed by atoms with E-state index in [1.807, 2.05) is 0 Å². The zero-order valence-corrected chi connectivity index (χ0v) is 20.1. The zero-order chi connectivity index (χ0) is 24.7. The highest BCUT2D eigenvalue weighted by atomic mass is 32.2. The smallest absolute Gasteiger partial charge is 0.243 e. The number of anilines is 1. The Hall–Kier alpha value is -2.82. The Labute approximate surface area is 199 Å². The van der Waals surface area contributed by atoms with E-state index in [1.165, 1.54) is 30.3 Å². The number of hydrogen-bond acceptors (Lipinski definition) is 5. The molecule has 2 aromatic carbocycles. The predicted octanol–water partition coefficient (Wildman–Crippen LogP) is 2.46. The summed E-state index contributed by atoms with van der Waals surface area (Å²) in [5, 5.41) is 2.83. The summed E-state index contributed by atoms with van der Waals surface area (Å²) in [6.45, 7) is 3.88. The average Bonchev–Trinajstić information content (AvgIpc) is 3.33. The summed E-state index contributed by atoms with van der Waals surface area (Å²) >= 11 is 0. The lowest BCUT2D eigenvalue weighted by Crippen LogP contribution is -2.55. The number of carbonyl (C=O) groups excluding carboxylic acids is 2. The van der Waals surface area contributed by atoms with E-state index in [4.69, 9.17) is 4.74 Å². The van der Waals surface area contributed by atoms with Crippen molar-refractivity contribution in [2.24, 2.45) is 5.92 Å². The van der Waals surface area contributed by atoms with Gasteiger partial charge in [0.25, 0.3) is 0 Å². The van der Waals surface area contributed by atoms with Gasteiger partial charge in [-0.3, -0.25) is 14.5 Å². The number of amides is 2. The number of hydrogen-bond donors (Lipinski definition) is 2. The molecule has 10 heteroatoms. The molecule has 0 saturated carbocycles. The Morgan fingerprint density at radius 3 is 2.50 bits per heavy atom. The van der Waals surface area contributed by atoms with Gasteiger partial charge in [-0.15, -0.1) is 0 Å². The van der Waals surface area contributed by atoms with Crippen LogP contribution < -0.4 is 14.9 Å². The number of sulfonamides is 1. The maximum absolute atomic E-state index is 14.0. The molecule has 2 N–H and O–H groups in total. The van der Waals surface area contributed by atoms with Crippen LogP contribution in [-0.4, -0.2) is 52.1 Å². The van der Waals surface area contributed by atoms with Crippen molar-refractivity contribution in [1.29, 1.82) is 0 Å². The Kier molecular flexibility index (Phi) is 8.76. The van der Waals surface area contributed by atoms with Gasteiger partial charge in [-0.2, -0.15) is 0 Å². The number of rotatable bonds is 10. The van der Waals surface area contributed by atoms with Gasteiger partial charge in [0.1, 0.15) is 11.9 Å². The van der Waals surface area contributed by atoms with Gasteiger partial charge >= 0.3 is 0 Å². The van der Waals surface area contributed by atoms with Crippen LogP contribution in [0.25, 0.3) is 0 Å². The molecule has 0 bridgehead atoms. The first kappa shape index (κ1) is 25.8. The second kappa shape index (κ2) is 11.5. The van der Waals surface area contributed by atoms with E-state index in [0.717, 1.165) is 23.8 Å². The van der Waals surface area contributed by atoms with Crippen molar-refractivity contribution in [3.63, 3.8) is 0 Å². The maximum atomic E-state index is 14.0. The summed E-state index contributed by atoms with van der Waals surface area (Å²) in [7, 11) is -3.96. The molecule has 1 heterocycles. The molecule has 0 aliphatic carbocycles. The standard InChI is InChI=1S/C24H30FN3O5S/c1-17(2)23(24(30)26-15-20-10-7-13-33-20)28(19-9-6-8-18(25)14-19)22(29)16-27-34(31,32)21-11-4-3-5-12-21/h3-6,8-9,11-12,14,17,20,23,27H,7,10,13,15-16H2,1-2H3,(H,26,30)/t20-,23+/m0/s1. The van der Waals surface area contributed by atoms with Crippen LogP contribution in [0.3, 0.4) is 0 Å². The number of halogens is 1. The highest BCUT2D eigenvalue weighted by Gasteiger charge is 2.34. The molecule has 8 nitrogen and oxygen atoms in total. The topological polar surface area (TPSA) is 105 Å². The third-order valence-corrected chi connectivity index (χ3v) is 6.95. The molecule has 2 aromatic rings. The van der Waals surface area contributed by atoms with E-state index >= 15 is 0 Å². The van der Waals surface area contributed by atoms with E-state index in [2.05, 4.69) is 10.0 Å². The molecular weight excluding hydrogens is 461 g/mol. The van der Waals surface area contributed by atoms with Crippen LogP contribution in [0.2, 0.25) is 0 Å². The fourth-order valence-electron chi connectivity index (χ4n) is 3.85. The molecule has 1 aliphatic rings. The lowest BCUT2D eigenvalue weighted by atomic mass is 10.00. The number of nitrogens with zero attached hydrogens (tertiary/aromatic N) is 1. The van der Waals surface area contributed by atoms with Crippen LogP contribution in [0.5, 0.6) is 0 Å². The third-order valence-electron chi connectivity index (χ3n) is 5.53. The van der Waals surface area contributed by atoms with Crippen molar-refractivity contribution in [2.45, 2.75) is 43.7 Å². The van der Waals surface area contributed by atoms with Crippen LogP contribution in [0.1, 0.15) is 26.7 Å². The fraction of sp³-hybridized carbons (Fsp3) is 0.417. The molecule has 2 amide bonds. The highest BCUT2D eigenvalue weighted by molar-refractivity contribution is 7.89. The van der Waals surface area contributed by atoms with E-state index in [0.29, 0.717) is 13.2 Å². The summed E-state index contributed by atoms with van der Waals surface area (Å²) < 4.78 is 47.1. The Morgan fingerprint density at radius 2 is 1.88 bits per heavy atom. The van der Waals surface area contributed by atoms with Gasteiger partial charge in [0.2, 0.25) is 21.8 Å². The maximum Gasteiger partial charge on any atom is 0.243 e. The normalized spacial score (nSPS) is 16.9. The second-order valence-corrected chi connectivity index (χ2v) is 10.2. The minimum absolute atomic E-state index is 0.00909. The summed E-state index contributed by atoms with van der Waals surface area (Å²) in [4.78, 5) is 27.7. The molecule has 2 atom stereocenters. The van der Waals surface area contributed by atoms with Gasteiger partial charge in [-0.1, -0.05) is 38.1 Å². The predicted molar refractivity (Wildman–Crippen MR) is 126 cm³/mol. The number of ether oxygens (including phenoxy) is 1. The monoisotopic (exact) mass is 491 g/mol. The van der Waals surface area contributed by atoms with Crippen molar-refractivity contribution < 1.29 is 27.1 Å². The first-order valence-corrected chi connectivity index (χ1v) is 12.7. The van der Waals surface area contributed by atoms with Crippen molar-refractivity contribution in [3.05, 3.63) is 60.4 Å². The molecule has 0 aromatic heterocycles. The molecular formula is C24H30FN3O5S. The largest absolute Gasteiger partial charge is 0.376 e. The van der Waals surface area contributed by atoms with Crippen LogP contribution >= 0.6 is 0 Å². The number of carbonyl (C=O) groups is 2. The molecule has 3 rings (SSSR count). The Bertz CT molecular complexity index is 1090. The van der Waals surface area contributed by atoms with Crippen LogP contribution in [0, 0.1) is 11.7 Å². The molecule has 0 spiro atoms. The molecule has 1 aliphatic heterocycles. The van der Waals surface area contributed by atoms with Gasteiger partial charge in [0.15, 0.2) is 0 Å². The lowest BCUT2D eigenvalue weighted by molar-refractivity contribution is -0.127. The zero-order valence-electron chi connectivity index (χ0n) is 19.2. The first-order valence-electron chi connectivity index (χ1n) is 11.2. The summed E-state index contributed by atoms with van der Waals surface area (Å²) in [6, 6.07) is 12.0. The van der Waals surface area contributed by atoms with E-state index < -0.39 is 40.2 Å². The SMILES string of the molecule is CC(C)[C@H](C(=O)NC[C@@H]1CCCO1)N(C(=O)CNS(=O)(=O)c1ccccc1)c1cccc(F)c1. The number of nitrogens with one attached hydrogen (secondary N) is 2. The third kappa shape index (κ3) is 6.62. The van der Waals surface area contributed by atoms with Gasteiger partial charge < -0.3 is 10.1 Å². The van der Waals surface area contributed by atoms with Crippen molar-refractivity contribution in [3.8, 4) is 0 Å². The van der Waals surface area contributed by atoms with Crippen LogP contribution in [-0.2, 0) is 24.3 Å².